The van der Waals surface area contributed by atoms with Crippen LogP contribution in [-0.2, 0) is 16.1 Å². The second-order valence-electron chi connectivity index (χ2n) is 8.66. The van der Waals surface area contributed by atoms with Gasteiger partial charge in [0, 0.05) is 38.6 Å². The van der Waals surface area contributed by atoms with E-state index in [1.54, 1.807) is 6.08 Å². The SMILES string of the molecule is C=CCN(C(=O)OCc1ccccc1)C1CCN(CC2CCC(CC(=O)O)C2)CC1. The van der Waals surface area contributed by atoms with Crippen LogP contribution in [0.15, 0.2) is 43.0 Å². The summed E-state index contributed by atoms with van der Waals surface area (Å²) in [5.41, 5.74) is 0.983. The molecule has 0 aromatic heterocycles. The molecule has 1 aliphatic carbocycles. The third-order valence-electron chi connectivity index (χ3n) is 6.39. The van der Waals surface area contributed by atoms with E-state index in [1.807, 2.05) is 35.2 Å². The minimum atomic E-state index is -0.678. The lowest BCUT2D eigenvalue weighted by molar-refractivity contribution is -0.138. The molecule has 6 heteroatoms. The predicted molar refractivity (Wildman–Crippen MR) is 116 cm³/mol. The second kappa shape index (κ2) is 11.2. The lowest BCUT2D eigenvalue weighted by atomic mass is 9.99. The van der Waals surface area contributed by atoms with Crippen molar-refractivity contribution in [1.82, 2.24) is 9.80 Å². The molecular weight excluding hydrogens is 380 g/mol. The van der Waals surface area contributed by atoms with Gasteiger partial charge in [-0.15, -0.1) is 6.58 Å². The molecule has 1 saturated carbocycles. The van der Waals surface area contributed by atoms with Gasteiger partial charge in [-0.1, -0.05) is 36.4 Å². The molecule has 1 aromatic carbocycles. The number of likely N-dealkylation sites (tertiary alicyclic amines) is 1. The Balaban J connectivity index is 1.44. The molecule has 1 N–H and O–H groups in total. The first-order valence-electron chi connectivity index (χ1n) is 11.1. The van der Waals surface area contributed by atoms with Crippen LogP contribution in [0.3, 0.4) is 0 Å². The van der Waals surface area contributed by atoms with Crippen molar-refractivity contribution in [3.63, 3.8) is 0 Å². The van der Waals surface area contributed by atoms with Gasteiger partial charge in [0.05, 0.1) is 0 Å². The van der Waals surface area contributed by atoms with Gasteiger partial charge in [0.1, 0.15) is 6.61 Å². The van der Waals surface area contributed by atoms with Crippen molar-refractivity contribution in [2.75, 3.05) is 26.2 Å². The third-order valence-corrected chi connectivity index (χ3v) is 6.39. The summed E-state index contributed by atoms with van der Waals surface area (Å²) in [6, 6.07) is 9.90. The number of hydrogen-bond acceptors (Lipinski definition) is 4. The number of hydrogen-bond donors (Lipinski definition) is 1. The van der Waals surface area contributed by atoms with Crippen molar-refractivity contribution in [3.05, 3.63) is 48.6 Å². The summed E-state index contributed by atoms with van der Waals surface area (Å²) in [4.78, 5) is 27.9. The van der Waals surface area contributed by atoms with Crippen LogP contribution in [-0.4, -0.2) is 59.2 Å². The zero-order valence-electron chi connectivity index (χ0n) is 17.7. The van der Waals surface area contributed by atoms with Crippen molar-refractivity contribution in [2.45, 2.75) is 51.2 Å². The highest BCUT2D eigenvalue weighted by Gasteiger charge is 2.31. The van der Waals surface area contributed by atoms with Crippen molar-refractivity contribution in [2.24, 2.45) is 11.8 Å². The fraction of sp³-hybridized carbons (Fsp3) is 0.583. The fourth-order valence-corrected chi connectivity index (χ4v) is 4.87. The molecule has 1 heterocycles. The molecule has 2 aliphatic rings. The number of carbonyl (C=O) groups is 2. The maximum atomic E-state index is 12.7. The first-order chi connectivity index (χ1) is 14.5. The van der Waals surface area contributed by atoms with Crippen LogP contribution in [0, 0.1) is 11.8 Å². The molecule has 1 aromatic rings. The number of carbonyl (C=O) groups excluding carboxylic acids is 1. The van der Waals surface area contributed by atoms with Gasteiger partial charge in [-0.3, -0.25) is 4.79 Å². The average molecular weight is 415 g/mol. The smallest absolute Gasteiger partial charge is 0.410 e. The molecule has 2 atom stereocenters. The molecule has 164 valence electrons. The Bertz CT molecular complexity index is 700. The van der Waals surface area contributed by atoms with Gasteiger partial charge in [-0.05, 0) is 49.5 Å². The van der Waals surface area contributed by atoms with E-state index in [0.717, 1.165) is 57.3 Å². The van der Waals surface area contributed by atoms with Crippen molar-refractivity contribution in [1.29, 1.82) is 0 Å². The molecule has 1 amide bonds. The Hall–Kier alpha value is -2.34. The van der Waals surface area contributed by atoms with Crippen molar-refractivity contribution in [3.8, 4) is 0 Å². The number of carboxylic acid groups (broad SMARTS) is 1. The number of ether oxygens (including phenoxy) is 1. The predicted octanol–water partition coefficient (Wildman–Crippen LogP) is 4.17. The highest BCUT2D eigenvalue weighted by atomic mass is 16.6. The summed E-state index contributed by atoms with van der Waals surface area (Å²) >= 11 is 0. The van der Waals surface area contributed by atoms with E-state index in [9.17, 15) is 9.59 Å². The molecule has 0 bridgehead atoms. The standard InChI is InChI=1S/C24H34N2O4/c1-2-12-26(24(29)30-18-19-6-4-3-5-7-19)22-10-13-25(14-11-22)17-21-9-8-20(15-21)16-23(27)28/h2-7,20-22H,1,8-18H2,(H,27,28). The Morgan fingerprint density at radius 1 is 1.13 bits per heavy atom. The Morgan fingerprint density at radius 2 is 1.83 bits per heavy atom. The summed E-state index contributed by atoms with van der Waals surface area (Å²) in [6.45, 7) is 7.56. The van der Waals surface area contributed by atoms with Crippen LogP contribution in [0.1, 0.15) is 44.1 Å². The van der Waals surface area contributed by atoms with Crippen LogP contribution >= 0.6 is 0 Å². The van der Waals surface area contributed by atoms with Gasteiger partial charge < -0.3 is 19.6 Å². The molecule has 2 unspecified atom stereocenters. The quantitative estimate of drug-likeness (QED) is 0.614. The first kappa shape index (κ1) is 22.3. The molecule has 30 heavy (non-hydrogen) atoms. The highest BCUT2D eigenvalue weighted by molar-refractivity contribution is 5.68. The maximum absolute atomic E-state index is 12.7. The van der Waals surface area contributed by atoms with Gasteiger partial charge in [-0.25, -0.2) is 4.79 Å². The van der Waals surface area contributed by atoms with Crippen LogP contribution < -0.4 is 0 Å². The van der Waals surface area contributed by atoms with Crippen LogP contribution in [0.4, 0.5) is 4.79 Å². The van der Waals surface area contributed by atoms with Crippen molar-refractivity contribution >= 4 is 12.1 Å². The molecule has 2 fully saturated rings. The highest BCUT2D eigenvalue weighted by Crippen LogP contribution is 2.34. The summed E-state index contributed by atoms with van der Waals surface area (Å²) in [5.74, 6) is 0.265. The van der Waals surface area contributed by atoms with Crippen LogP contribution in [0.2, 0.25) is 0 Å². The summed E-state index contributed by atoms with van der Waals surface area (Å²) in [5, 5.41) is 8.99. The number of benzene rings is 1. The summed E-state index contributed by atoms with van der Waals surface area (Å²) < 4.78 is 5.55. The Morgan fingerprint density at radius 3 is 2.50 bits per heavy atom. The minimum absolute atomic E-state index is 0.172. The zero-order valence-corrected chi connectivity index (χ0v) is 17.7. The molecule has 3 rings (SSSR count). The molecule has 0 radical (unpaired) electrons. The van der Waals surface area contributed by atoms with E-state index >= 15 is 0 Å². The summed E-state index contributed by atoms with van der Waals surface area (Å²) in [6.07, 6.45) is 6.85. The number of rotatable bonds is 9. The van der Waals surface area contributed by atoms with E-state index in [0.29, 0.717) is 24.8 Å². The number of carboxylic acids is 1. The van der Waals surface area contributed by atoms with Crippen LogP contribution in [0.5, 0.6) is 0 Å². The second-order valence-corrected chi connectivity index (χ2v) is 8.66. The first-order valence-corrected chi connectivity index (χ1v) is 11.1. The monoisotopic (exact) mass is 414 g/mol. The maximum Gasteiger partial charge on any atom is 0.410 e. The topological polar surface area (TPSA) is 70.1 Å². The fourth-order valence-electron chi connectivity index (χ4n) is 4.87. The molecule has 1 aliphatic heterocycles. The van der Waals surface area contributed by atoms with Gasteiger partial charge >= 0.3 is 12.1 Å². The van der Waals surface area contributed by atoms with E-state index in [2.05, 4.69) is 11.5 Å². The zero-order chi connectivity index (χ0) is 21.3. The van der Waals surface area contributed by atoms with Crippen molar-refractivity contribution < 1.29 is 19.4 Å². The summed E-state index contributed by atoms with van der Waals surface area (Å²) in [7, 11) is 0. The average Bonchev–Trinajstić information content (AvgIpc) is 3.17. The molecule has 0 spiro atoms. The van der Waals surface area contributed by atoms with Gasteiger partial charge in [0.15, 0.2) is 0 Å². The molecule has 6 nitrogen and oxygen atoms in total. The number of amides is 1. The van der Waals surface area contributed by atoms with Gasteiger partial charge in [0.25, 0.3) is 0 Å². The largest absolute Gasteiger partial charge is 0.481 e. The van der Waals surface area contributed by atoms with Crippen LogP contribution in [0.25, 0.3) is 0 Å². The number of nitrogens with zero attached hydrogens (tertiary/aromatic N) is 2. The molecule has 1 saturated heterocycles. The number of aliphatic carboxylic acids is 1. The van der Waals surface area contributed by atoms with E-state index in [1.165, 1.54) is 0 Å². The Kier molecular flexibility index (Phi) is 8.31. The lowest BCUT2D eigenvalue weighted by Gasteiger charge is -2.38. The van der Waals surface area contributed by atoms with E-state index < -0.39 is 5.97 Å². The van der Waals surface area contributed by atoms with E-state index in [-0.39, 0.29) is 18.7 Å². The lowest BCUT2D eigenvalue weighted by Crippen LogP contribution is -2.48. The Labute approximate surface area is 179 Å². The normalized spacial score (nSPS) is 22.5. The molecular formula is C24H34N2O4. The minimum Gasteiger partial charge on any atom is -0.481 e. The van der Waals surface area contributed by atoms with Gasteiger partial charge in [-0.2, -0.15) is 0 Å². The number of piperidine rings is 1. The third kappa shape index (κ3) is 6.59. The van der Waals surface area contributed by atoms with E-state index in [4.69, 9.17) is 9.84 Å². The van der Waals surface area contributed by atoms with Gasteiger partial charge in [0.2, 0.25) is 0 Å².